The Hall–Kier alpha value is -0.380. The zero-order valence-corrected chi connectivity index (χ0v) is 21.7. The largest absolute Gasteiger partial charge is 0.393 e. The van der Waals surface area contributed by atoms with E-state index in [1.54, 1.807) is 0 Å². The zero-order chi connectivity index (χ0) is 23.6. The Balaban J connectivity index is 1.62. The molecule has 0 heterocycles. The standard InChI is InChI=1S/C29H50O3/c1-17(2)18(3)8-9-19(4)21-10-11-25-28(21,7)16-24(31)26-27(6)14-13-23(30)20(5)22(27)12-15-29(25,26)32/h8-9,17-26,30-32H,10-16H2,1-7H3/b9-8+/t18-,19+,20-,21+,22-,23-,24-,25+,26+,27-,28+,29+/m0/s1. The molecule has 0 saturated heterocycles. The van der Waals surface area contributed by atoms with Crippen LogP contribution in [0.15, 0.2) is 12.2 Å². The van der Waals surface area contributed by atoms with Gasteiger partial charge in [-0.1, -0.05) is 60.6 Å². The molecule has 3 heteroatoms. The highest BCUT2D eigenvalue weighted by Crippen LogP contribution is 2.70. The van der Waals surface area contributed by atoms with E-state index in [9.17, 15) is 15.3 Å². The van der Waals surface area contributed by atoms with Gasteiger partial charge in [0.05, 0.1) is 17.8 Å². The van der Waals surface area contributed by atoms with Crippen molar-refractivity contribution in [1.29, 1.82) is 0 Å². The lowest BCUT2D eigenvalue weighted by molar-refractivity contribution is -0.267. The molecule has 0 aromatic carbocycles. The van der Waals surface area contributed by atoms with E-state index in [-0.39, 0.29) is 34.7 Å². The molecule has 0 spiro atoms. The van der Waals surface area contributed by atoms with Crippen molar-refractivity contribution in [2.24, 2.45) is 58.2 Å². The first-order valence-electron chi connectivity index (χ1n) is 13.6. The van der Waals surface area contributed by atoms with Gasteiger partial charge in [0.2, 0.25) is 0 Å². The van der Waals surface area contributed by atoms with E-state index in [0.717, 1.165) is 44.9 Å². The van der Waals surface area contributed by atoms with Gasteiger partial charge >= 0.3 is 0 Å². The Kier molecular flexibility index (Phi) is 6.48. The maximum absolute atomic E-state index is 12.4. The molecule has 4 aliphatic carbocycles. The van der Waals surface area contributed by atoms with Crippen molar-refractivity contribution >= 4 is 0 Å². The molecule has 4 rings (SSSR count). The molecule has 0 aliphatic heterocycles. The predicted molar refractivity (Wildman–Crippen MR) is 131 cm³/mol. The molecule has 0 aromatic heterocycles. The number of rotatable bonds is 4. The average molecular weight is 447 g/mol. The number of hydrogen-bond donors (Lipinski definition) is 3. The van der Waals surface area contributed by atoms with Crippen molar-refractivity contribution in [2.75, 3.05) is 0 Å². The van der Waals surface area contributed by atoms with Gasteiger partial charge in [-0.15, -0.1) is 0 Å². The van der Waals surface area contributed by atoms with Gasteiger partial charge in [0, 0.05) is 5.92 Å². The maximum atomic E-state index is 12.4. The van der Waals surface area contributed by atoms with Crippen molar-refractivity contribution in [3.63, 3.8) is 0 Å². The van der Waals surface area contributed by atoms with E-state index in [1.807, 2.05) is 0 Å². The first-order chi connectivity index (χ1) is 14.9. The fraction of sp³-hybridized carbons (Fsp3) is 0.931. The molecule has 0 aromatic rings. The lowest BCUT2D eigenvalue weighted by Gasteiger charge is -2.67. The smallest absolute Gasteiger partial charge is 0.0739 e. The number of fused-ring (bicyclic) bond motifs is 5. The molecule has 4 aliphatic rings. The molecule has 0 amide bonds. The Morgan fingerprint density at radius 1 is 0.844 bits per heavy atom. The van der Waals surface area contributed by atoms with Crippen LogP contribution < -0.4 is 0 Å². The van der Waals surface area contributed by atoms with Crippen molar-refractivity contribution in [1.82, 2.24) is 0 Å². The summed E-state index contributed by atoms with van der Waals surface area (Å²) < 4.78 is 0. The quantitative estimate of drug-likeness (QED) is 0.477. The second-order valence-electron chi connectivity index (χ2n) is 13.4. The second-order valence-corrected chi connectivity index (χ2v) is 13.4. The van der Waals surface area contributed by atoms with Crippen LogP contribution in [0.5, 0.6) is 0 Å². The van der Waals surface area contributed by atoms with E-state index in [2.05, 4.69) is 60.6 Å². The number of aliphatic hydroxyl groups is 3. The lowest BCUT2D eigenvalue weighted by atomic mass is 9.40. The van der Waals surface area contributed by atoms with Crippen molar-refractivity contribution in [3.05, 3.63) is 12.2 Å². The van der Waals surface area contributed by atoms with Gasteiger partial charge < -0.3 is 15.3 Å². The zero-order valence-electron chi connectivity index (χ0n) is 21.7. The van der Waals surface area contributed by atoms with Crippen LogP contribution in [0, 0.1) is 58.2 Å². The highest BCUT2D eigenvalue weighted by atomic mass is 16.3. The molecule has 184 valence electrons. The number of aliphatic hydroxyl groups excluding tert-OH is 2. The topological polar surface area (TPSA) is 60.7 Å². The van der Waals surface area contributed by atoms with E-state index in [0.29, 0.717) is 29.6 Å². The van der Waals surface area contributed by atoms with Crippen molar-refractivity contribution in [3.8, 4) is 0 Å². The van der Waals surface area contributed by atoms with E-state index >= 15 is 0 Å². The Labute approximate surface area is 197 Å². The normalized spacial score (nSPS) is 53.0. The summed E-state index contributed by atoms with van der Waals surface area (Å²) in [5.74, 6) is 3.06. The van der Waals surface area contributed by atoms with E-state index in [1.165, 1.54) is 0 Å². The summed E-state index contributed by atoms with van der Waals surface area (Å²) in [6.07, 6.45) is 10.7. The monoisotopic (exact) mass is 446 g/mol. The summed E-state index contributed by atoms with van der Waals surface area (Å²) in [7, 11) is 0. The average Bonchev–Trinajstić information content (AvgIpc) is 3.06. The SMILES string of the molecule is CC(C)[C@@H](C)/C=C/[C@@H](C)[C@H]1CC[C@@H]2[C@]1(C)C[C@H](O)[C@@H]1[C@@]3(C)CC[C@H](O)[C@@H](C)[C@@H]3CC[C@@]21O. The van der Waals surface area contributed by atoms with Crippen molar-refractivity contribution in [2.45, 2.75) is 111 Å². The molecule has 0 bridgehead atoms. The van der Waals surface area contributed by atoms with E-state index in [4.69, 9.17) is 0 Å². The first kappa shape index (κ1) is 24.7. The van der Waals surface area contributed by atoms with Crippen LogP contribution in [0.2, 0.25) is 0 Å². The van der Waals surface area contributed by atoms with Gasteiger partial charge in [0.25, 0.3) is 0 Å². The summed E-state index contributed by atoms with van der Waals surface area (Å²) >= 11 is 0. The molecule has 3 nitrogen and oxygen atoms in total. The number of hydrogen-bond acceptors (Lipinski definition) is 3. The van der Waals surface area contributed by atoms with Gasteiger partial charge in [-0.05, 0) is 97.2 Å². The van der Waals surface area contributed by atoms with Gasteiger partial charge in [-0.25, -0.2) is 0 Å². The Morgan fingerprint density at radius 3 is 2.19 bits per heavy atom. The van der Waals surface area contributed by atoms with Crippen LogP contribution in [0.1, 0.15) is 93.4 Å². The van der Waals surface area contributed by atoms with E-state index < -0.39 is 11.7 Å². The maximum Gasteiger partial charge on any atom is 0.0739 e. The third-order valence-corrected chi connectivity index (χ3v) is 11.6. The second kappa shape index (κ2) is 8.38. The highest BCUT2D eigenvalue weighted by Gasteiger charge is 2.70. The molecule has 4 saturated carbocycles. The minimum atomic E-state index is -0.775. The minimum absolute atomic E-state index is 0.0154. The van der Waals surface area contributed by atoms with Crippen LogP contribution in [0.4, 0.5) is 0 Å². The molecule has 0 radical (unpaired) electrons. The molecule has 12 atom stereocenters. The van der Waals surface area contributed by atoms with Crippen LogP contribution in [-0.2, 0) is 0 Å². The Morgan fingerprint density at radius 2 is 1.53 bits per heavy atom. The molecule has 0 unspecified atom stereocenters. The van der Waals surface area contributed by atoms with Crippen LogP contribution >= 0.6 is 0 Å². The van der Waals surface area contributed by atoms with Gasteiger partial charge in [-0.3, -0.25) is 0 Å². The van der Waals surface area contributed by atoms with Crippen LogP contribution in [0.3, 0.4) is 0 Å². The minimum Gasteiger partial charge on any atom is -0.393 e. The summed E-state index contributed by atoms with van der Waals surface area (Å²) in [6.45, 7) is 16.1. The van der Waals surface area contributed by atoms with Gasteiger partial charge in [-0.2, -0.15) is 0 Å². The fourth-order valence-corrected chi connectivity index (χ4v) is 9.55. The molecular formula is C29H50O3. The highest BCUT2D eigenvalue weighted by molar-refractivity contribution is 5.20. The molecule has 3 N–H and O–H groups in total. The number of allylic oxidation sites excluding steroid dienone is 2. The lowest BCUT2D eigenvalue weighted by Crippen LogP contribution is -2.69. The Bertz CT molecular complexity index is 717. The first-order valence-corrected chi connectivity index (χ1v) is 13.6. The summed E-state index contributed by atoms with van der Waals surface area (Å²) in [6, 6.07) is 0. The van der Waals surface area contributed by atoms with Crippen LogP contribution in [0.25, 0.3) is 0 Å². The molecule has 4 fully saturated rings. The molecule has 32 heavy (non-hydrogen) atoms. The summed E-state index contributed by atoms with van der Waals surface area (Å²) in [5.41, 5.74) is -0.871. The van der Waals surface area contributed by atoms with Crippen molar-refractivity contribution < 1.29 is 15.3 Å². The summed E-state index contributed by atoms with van der Waals surface area (Å²) in [4.78, 5) is 0. The van der Waals surface area contributed by atoms with Crippen LogP contribution in [-0.4, -0.2) is 33.1 Å². The van der Waals surface area contributed by atoms with Gasteiger partial charge in [0.15, 0.2) is 0 Å². The predicted octanol–water partition coefficient (Wildman–Crippen LogP) is 5.82. The third-order valence-electron chi connectivity index (χ3n) is 11.6. The molecular weight excluding hydrogens is 396 g/mol. The fourth-order valence-electron chi connectivity index (χ4n) is 9.55. The summed E-state index contributed by atoms with van der Waals surface area (Å²) in [5, 5.41) is 34.6. The van der Waals surface area contributed by atoms with Gasteiger partial charge in [0.1, 0.15) is 0 Å². The third kappa shape index (κ3) is 3.55.